The van der Waals surface area contributed by atoms with Crippen molar-refractivity contribution in [1.82, 2.24) is 5.32 Å². The van der Waals surface area contributed by atoms with Gasteiger partial charge in [0, 0.05) is 11.1 Å². The average Bonchev–Trinajstić information content (AvgIpc) is 2.59. The molecule has 1 atom stereocenters. The monoisotopic (exact) mass is 253 g/mol. The molecular formula is C15H21F2N. The Balaban J connectivity index is 2.41. The normalized spacial score (nSPS) is 24.8. The Labute approximate surface area is 108 Å². The molecule has 2 rings (SSSR count). The fourth-order valence-corrected chi connectivity index (χ4v) is 3.02. The Kier molecular flexibility index (Phi) is 4.33. The molecule has 3 heteroatoms. The summed E-state index contributed by atoms with van der Waals surface area (Å²) in [6, 6.07) is 4.53. The zero-order valence-electron chi connectivity index (χ0n) is 10.9. The largest absolute Gasteiger partial charge is 0.307 e. The summed E-state index contributed by atoms with van der Waals surface area (Å²) in [6.07, 6.45) is 6.05. The van der Waals surface area contributed by atoms with Crippen molar-refractivity contribution in [3.8, 4) is 0 Å². The molecule has 100 valence electrons. The topological polar surface area (TPSA) is 12.0 Å². The molecule has 1 aliphatic rings. The molecule has 0 aliphatic carbocycles. The van der Waals surface area contributed by atoms with Crippen molar-refractivity contribution in [3.05, 3.63) is 35.4 Å². The molecular weight excluding hydrogens is 232 g/mol. The summed E-state index contributed by atoms with van der Waals surface area (Å²) < 4.78 is 27.5. The smallest absolute Gasteiger partial charge is 0.163 e. The molecule has 1 N–H and O–H groups in total. The molecule has 0 bridgehead atoms. The first-order valence-electron chi connectivity index (χ1n) is 6.89. The van der Waals surface area contributed by atoms with E-state index >= 15 is 0 Å². The molecule has 0 saturated carbocycles. The van der Waals surface area contributed by atoms with E-state index in [-0.39, 0.29) is 5.54 Å². The van der Waals surface area contributed by atoms with Crippen LogP contribution < -0.4 is 5.32 Å². The van der Waals surface area contributed by atoms with Gasteiger partial charge < -0.3 is 5.32 Å². The van der Waals surface area contributed by atoms with Gasteiger partial charge in [-0.2, -0.15) is 0 Å². The second-order valence-corrected chi connectivity index (χ2v) is 5.17. The van der Waals surface area contributed by atoms with E-state index in [9.17, 15) is 8.78 Å². The molecule has 0 radical (unpaired) electrons. The lowest BCUT2D eigenvalue weighted by Gasteiger charge is -2.34. The molecule has 1 nitrogen and oxygen atoms in total. The Morgan fingerprint density at radius 3 is 2.83 bits per heavy atom. The lowest BCUT2D eigenvalue weighted by molar-refractivity contribution is 0.282. The summed E-state index contributed by atoms with van der Waals surface area (Å²) >= 11 is 0. The number of rotatable bonds is 3. The number of benzene rings is 1. The molecule has 0 spiro atoms. The molecule has 0 aromatic heterocycles. The SMILES string of the molecule is CCCC1(c2cccc(F)c2F)CCCCCN1. The van der Waals surface area contributed by atoms with Crippen molar-refractivity contribution in [1.29, 1.82) is 0 Å². The van der Waals surface area contributed by atoms with Gasteiger partial charge in [-0.15, -0.1) is 0 Å². The van der Waals surface area contributed by atoms with Gasteiger partial charge in [0.1, 0.15) is 0 Å². The zero-order valence-corrected chi connectivity index (χ0v) is 10.9. The number of hydrogen-bond acceptors (Lipinski definition) is 1. The predicted octanol–water partition coefficient (Wildman–Crippen LogP) is 4.12. The molecule has 1 aliphatic heterocycles. The van der Waals surface area contributed by atoms with Crippen LogP contribution in [0.1, 0.15) is 51.0 Å². The van der Waals surface area contributed by atoms with Gasteiger partial charge in [0.2, 0.25) is 0 Å². The van der Waals surface area contributed by atoms with Gasteiger partial charge in [-0.1, -0.05) is 38.3 Å². The van der Waals surface area contributed by atoms with E-state index < -0.39 is 11.6 Å². The molecule has 0 amide bonds. The summed E-state index contributed by atoms with van der Waals surface area (Å²) in [5.41, 5.74) is 0.128. The Bertz CT molecular complexity index is 395. The second kappa shape index (κ2) is 5.79. The van der Waals surface area contributed by atoms with Crippen molar-refractivity contribution in [2.75, 3.05) is 6.54 Å². The third-order valence-electron chi connectivity index (χ3n) is 3.89. The maximum Gasteiger partial charge on any atom is 0.163 e. The van der Waals surface area contributed by atoms with E-state index in [0.717, 1.165) is 45.1 Å². The van der Waals surface area contributed by atoms with Crippen LogP contribution in [0.3, 0.4) is 0 Å². The predicted molar refractivity (Wildman–Crippen MR) is 69.4 cm³/mol. The van der Waals surface area contributed by atoms with Crippen LogP contribution in [0.25, 0.3) is 0 Å². The molecule has 1 fully saturated rings. The van der Waals surface area contributed by atoms with Crippen LogP contribution in [-0.2, 0) is 5.54 Å². The minimum Gasteiger partial charge on any atom is -0.307 e. The van der Waals surface area contributed by atoms with Crippen molar-refractivity contribution < 1.29 is 8.78 Å². The Morgan fingerprint density at radius 1 is 1.22 bits per heavy atom. The minimum atomic E-state index is -0.742. The summed E-state index contributed by atoms with van der Waals surface area (Å²) in [7, 11) is 0. The summed E-state index contributed by atoms with van der Waals surface area (Å²) in [5.74, 6) is -1.42. The fourth-order valence-electron chi connectivity index (χ4n) is 3.02. The summed E-state index contributed by atoms with van der Waals surface area (Å²) in [4.78, 5) is 0. The van der Waals surface area contributed by atoms with Crippen molar-refractivity contribution >= 4 is 0 Å². The number of hydrogen-bond donors (Lipinski definition) is 1. The minimum absolute atomic E-state index is 0.378. The quantitative estimate of drug-likeness (QED) is 0.854. The van der Waals surface area contributed by atoms with Gasteiger partial charge >= 0.3 is 0 Å². The first kappa shape index (κ1) is 13.5. The Morgan fingerprint density at radius 2 is 2.06 bits per heavy atom. The van der Waals surface area contributed by atoms with E-state index in [1.807, 2.05) is 0 Å². The average molecular weight is 253 g/mol. The van der Waals surface area contributed by atoms with E-state index in [4.69, 9.17) is 0 Å². The van der Waals surface area contributed by atoms with Crippen molar-refractivity contribution in [2.45, 2.75) is 51.0 Å². The van der Waals surface area contributed by atoms with E-state index in [1.54, 1.807) is 12.1 Å². The lowest BCUT2D eigenvalue weighted by atomic mass is 9.81. The molecule has 1 heterocycles. The van der Waals surface area contributed by atoms with Gasteiger partial charge in [-0.05, 0) is 31.9 Å². The van der Waals surface area contributed by atoms with Gasteiger partial charge in [0.05, 0.1) is 0 Å². The van der Waals surface area contributed by atoms with E-state index in [2.05, 4.69) is 12.2 Å². The van der Waals surface area contributed by atoms with Crippen molar-refractivity contribution in [2.24, 2.45) is 0 Å². The first-order valence-corrected chi connectivity index (χ1v) is 6.89. The molecule has 1 aromatic carbocycles. The highest BCUT2D eigenvalue weighted by atomic mass is 19.2. The fraction of sp³-hybridized carbons (Fsp3) is 0.600. The van der Waals surface area contributed by atoms with Crippen LogP contribution in [0.2, 0.25) is 0 Å². The highest BCUT2D eigenvalue weighted by molar-refractivity contribution is 5.27. The maximum absolute atomic E-state index is 14.1. The lowest BCUT2D eigenvalue weighted by Crippen LogP contribution is -2.42. The molecule has 1 unspecified atom stereocenters. The highest BCUT2D eigenvalue weighted by Crippen LogP contribution is 2.36. The van der Waals surface area contributed by atoms with Gasteiger partial charge in [0.15, 0.2) is 11.6 Å². The van der Waals surface area contributed by atoms with Gasteiger partial charge in [-0.25, -0.2) is 8.78 Å². The van der Waals surface area contributed by atoms with Gasteiger partial charge in [0.25, 0.3) is 0 Å². The standard InChI is InChI=1S/C15H21F2N/c1-2-9-15(10-4-3-5-11-18-15)12-7-6-8-13(16)14(12)17/h6-8,18H,2-5,9-11H2,1H3. The third kappa shape index (κ3) is 2.56. The maximum atomic E-state index is 14.1. The van der Waals surface area contributed by atoms with Crippen LogP contribution in [0, 0.1) is 11.6 Å². The molecule has 1 aromatic rings. The van der Waals surface area contributed by atoms with Crippen LogP contribution in [0.15, 0.2) is 18.2 Å². The van der Waals surface area contributed by atoms with Crippen molar-refractivity contribution in [3.63, 3.8) is 0 Å². The number of nitrogens with one attached hydrogen (secondary N) is 1. The first-order chi connectivity index (χ1) is 8.69. The van der Waals surface area contributed by atoms with Crippen LogP contribution in [0.5, 0.6) is 0 Å². The van der Waals surface area contributed by atoms with Gasteiger partial charge in [-0.3, -0.25) is 0 Å². The summed E-state index contributed by atoms with van der Waals surface area (Å²) in [5, 5.41) is 3.47. The van der Waals surface area contributed by atoms with Crippen LogP contribution in [0.4, 0.5) is 8.78 Å². The Hall–Kier alpha value is -0.960. The van der Waals surface area contributed by atoms with Crippen LogP contribution in [-0.4, -0.2) is 6.54 Å². The molecule has 1 saturated heterocycles. The second-order valence-electron chi connectivity index (χ2n) is 5.17. The molecule has 18 heavy (non-hydrogen) atoms. The summed E-state index contributed by atoms with van der Waals surface area (Å²) in [6.45, 7) is 2.97. The highest BCUT2D eigenvalue weighted by Gasteiger charge is 2.34. The zero-order chi connectivity index (χ0) is 13.0. The van der Waals surface area contributed by atoms with Crippen LogP contribution >= 0.6 is 0 Å². The third-order valence-corrected chi connectivity index (χ3v) is 3.89. The number of halogens is 2. The van der Waals surface area contributed by atoms with E-state index in [1.165, 1.54) is 6.07 Å². The van der Waals surface area contributed by atoms with E-state index in [0.29, 0.717) is 5.56 Å².